The second-order valence-corrected chi connectivity index (χ2v) is 5.08. The number of halogens is 1. The maximum Gasteiger partial charge on any atom is 0.251 e. The molecular weight excluding hydrogens is 294 g/mol. The fraction of sp³-hybridized carbons (Fsp3) is 0.231. The minimum Gasteiger partial charge on any atom is -0.348 e. The van der Waals surface area contributed by atoms with Crippen LogP contribution in [0.2, 0.25) is 0 Å². The van der Waals surface area contributed by atoms with Gasteiger partial charge in [-0.15, -0.1) is 0 Å². The number of aryl methyl sites for hydroxylation is 2. The van der Waals surface area contributed by atoms with Crippen LogP contribution in [-0.2, 0) is 6.54 Å². The number of amides is 1. The topological polar surface area (TPSA) is 57.8 Å². The molecule has 4 nitrogen and oxygen atoms in total. The van der Waals surface area contributed by atoms with Crippen LogP contribution in [0.5, 0.6) is 0 Å². The Bertz CT molecular complexity index is 577. The van der Waals surface area contributed by atoms with Gasteiger partial charge in [-0.05, 0) is 37.6 Å². The van der Waals surface area contributed by atoms with Crippen molar-refractivity contribution in [3.63, 3.8) is 0 Å². The summed E-state index contributed by atoms with van der Waals surface area (Å²) in [6.07, 6.45) is 1.73. The molecule has 0 saturated heterocycles. The van der Waals surface area contributed by atoms with Crippen LogP contribution in [-0.4, -0.2) is 16.1 Å². The van der Waals surface area contributed by atoms with Crippen LogP contribution >= 0.6 is 15.9 Å². The van der Waals surface area contributed by atoms with Gasteiger partial charge in [0, 0.05) is 27.8 Å². The van der Waals surface area contributed by atoms with Gasteiger partial charge < -0.3 is 5.32 Å². The van der Waals surface area contributed by atoms with Crippen molar-refractivity contribution in [2.75, 3.05) is 0 Å². The molecule has 5 heteroatoms. The third-order valence-corrected chi connectivity index (χ3v) is 3.30. The van der Waals surface area contributed by atoms with Crippen LogP contribution in [0, 0.1) is 13.8 Å². The Morgan fingerprint density at radius 1 is 1.44 bits per heavy atom. The van der Waals surface area contributed by atoms with E-state index < -0.39 is 0 Å². The van der Waals surface area contributed by atoms with E-state index in [-0.39, 0.29) is 5.91 Å². The molecule has 2 rings (SSSR count). The molecule has 0 aliphatic rings. The van der Waals surface area contributed by atoms with Gasteiger partial charge in [-0.2, -0.15) is 5.10 Å². The maximum absolute atomic E-state index is 12.0. The van der Waals surface area contributed by atoms with Gasteiger partial charge in [-0.1, -0.05) is 15.9 Å². The number of carbonyl (C=O) groups excluding carboxylic acids is 1. The number of H-pyrrole nitrogens is 1. The Morgan fingerprint density at radius 2 is 2.22 bits per heavy atom. The first-order valence-electron chi connectivity index (χ1n) is 5.61. The number of aromatic nitrogens is 2. The van der Waals surface area contributed by atoms with Crippen molar-refractivity contribution in [2.45, 2.75) is 20.4 Å². The van der Waals surface area contributed by atoms with Gasteiger partial charge in [-0.3, -0.25) is 9.89 Å². The molecule has 0 saturated carbocycles. The van der Waals surface area contributed by atoms with Crippen molar-refractivity contribution in [1.82, 2.24) is 15.5 Å². The highest BCUT2D eigenvalue weighted by Crippen LogP contribution is 2.16. The first kappa shape index (κ1) is 12.8. The minimum atomic E-state index is -0.0689. The molecule has 0 atom stereocenters. The highest BCUT2D eigenvalue weighted by molar-refractivity contribution is 9.10. The number of hydrogen-bond acceptors (Lipinski definition) is 2. The monoisotopic (exact) mass is 307 g/mol. The summed E-state index contributed by atoms with van der Waals surface area (Å²) < 4.78 is 0.974. The molecule has 1 aromatic carbocycles. The van der Waals surface area contributed by atoms with Crippen LogP contribution in [0.4, 0.5) is 0 Å². The Labute approximate surface area is 114 Å². The summed E-state index contributed by atoms with van der Waals surface area (Å²) in [7, 11) is 0. The van der Waals surface area contributed by atoms with Crippen LogP contribution in [0.3, 0.4) is 0 Å². The number of benzene rings is 1. The second-order valence-electron chi connectivity index (χ2n) is 4.16. The average Bonchev–Trinajstić information content (AvgIpc) is 2.72. The number of hydrogen-bond donors (Lipinski definition) is 2. The van der Waals surface area contributed by atoms with Crippen LogP contribution < -0.4 is 5.32 Å². The standard InChI is InChI=1S/C13H14BrN3O/c1-8-5-11(14)3-4-12(8)13(18)15-6-10-7-16-17-9(10)2/h3-5,7H,6H2,1-2H3,(H,15,18)(H,16,17). The van der Waals surface area contributed by atoms with Crippen molar-refractivity contribution >= 4 is 21.8 Å². The highest BCUT2D eigenvalue weighted by atomic mass is 79.9. The zero-order chi connectivity index (χ0) is 13.1. The number of carbonyl (C=O) groups is 1. The molecule has 2 aromatic rings. The molecule has 94 valence electrons. The predicted octanol–water partition coefficient (Wildman–Crippen LogP) is 2.72. The van der Waals surface area contributed by atoms with E-state index >= 15 is 0 Å². The molecule has 1 amide bonds. The van der Waals surface area contributed by atoms with E-state index in [1.807, 2.05) is 32.0 Å². The van der Waals surface area contributed by atoms with Crippen molar-refractivity contribution in [3.05, 3.63) is 51.3 Å². The van der Waals surface area contributed by atoms with E-state index in [4.69, 9.17) is 0 Å². The molecule has 1 heterocycles. The van der Waals surface area contributed by atoms with Crippen molar-refractivity contribution in [3.8, 4) is 0 Å². The SMILES string of the molecule is Cc1cc(Br)ccc1C(=O)NCc1cn[nH]c1C. The Balaban J connectivity index is 2.06. The summed E-state index contributed by atoms with van der Waals surface area (Å²) in [5.41, 5.74) is 3.62. The molecule has 0 fully saturated rings. The molecule has 0 radical (unpaired) electrons. The zero-order valence-corrected chi connectivity index (χ0v) is 11.8. The van der Waals surface area contributed by atoms with Crippen LogP contribution in [0.15, 0.2) is 28.9 Å². The van der Waals surface area contributed by atoms with Gasteiger partial charge in [0.05, 0.1) is 6.20 Å². The highest BCUT2D eigenvalue weighted by Gasteiger charge is 2.09. The normalized spacial score (nSPS) is 10.4. The summed E-state index contributed by atoms with van der Waals surface area (Å²) >= 11 is 3.38. The third-order valence-electron chi connectivity index (χ3n) is 2.81. The average molecular weight is 308 g/mol. The largest absolute Gasteiger partial charge is 0.348 e. The maximum atomic E-state index is 12.0. The van der Waals surface area contributed by atoms with E-state index in [0.29, 0.717) is 12.1 Å². The molecule has 2 N–H and O–H groups in total. The van der Waals surface area contributed by atoms with Gasteiger partial charge in [0.25, 0.3) is 5.91 Å². The molecule has 0 unspecified atom stereocenters. The van der Waals surface area contributed by atoms with Gasteiger partial charge in [0.15, 0.2) is 0 Å². The Morgan fingerprint density at radius 3 is 2.83 bits per heavy atom. The fourth-order valence-corrected chi connectivity index (χ4v) is 2.18. The molecular formula is C13H14BrN3O. The van der Waals surface area contributed by atoms with Crippen LogP contribution in [0.25, 0.3) is 0 Å². The first-order valence-corrected chi connectivity index (χ1v) is 6.40. The lowest BCUT2D eigenvalue weighted by molar-refractivity contribution is 0.0950. The molecule has 0 bridgehead atoms. The Hall–Kier alpha value is -1.62. The number of nitrogens with one attached hydrogen (secondary N) is 2. The summed E-state index contributed by atoms with van der Waals surface area (Å²) in [6.45, 7) is 4.33. The molecule has 0 spiro atoms. The summed E-state index contributed by atoms with van der Waals surface area (Å²) in [6, 6.07) is 5.61. The zero-order valence-electron chi connectivity index (χ0n) is 10.2. The number of nitrogens with zero attached hydrogens (tertiary/aromatic N) is 1. The summed E-state index contributed by atoms with van der Waals surface area (Å²) in [5.74, 6) is -0.0689. The predicted molar refractivity (Wildman–Crippen MR) is 73.4 cm³/mol. The van der Waals surface area contributed by atoms with E-state index in [0.717, 1.165) is 21.3 Å². The molecule has 0 aliphatic carbocycles. The lowest BCUT2D eigenvalue weighted by atomic mass is 10.1. The van der Waals surface area contributed by atoms with Crippen molar-refractivity contribution in [1.29, 1.82) is 0 Å². The molecule has 0 aliphatic heterocycles. The lowest BCUT2D eigenvalue weighted by Crippen LogP contribution is -2.23. The van der Waals surface area contributed by atoms with Crippen molar-refractivity contribution < 1.29 is 4.79 Å². The van der Waals surface area contributed by atoms with E-state index in [2.05, 4.69) is 31.4 Å². The fourth-order valence-electron chi connectivity index (χ4n) is 1.71. The van der Waals surface area contributed by atoms with Gasteiger partial charge >= 0.3 is 0 Å². The smallest absolute Gasteiger partial charge is 0.251 e. The third kappa shape index (κ3) is 2.79. The lowest BCUT2D eigenvalue weighted by Gasteiger charge is -2.07. The first-order chi connectivity index (χ1) is 8.58. The number of aromatic amines is 1. The second kappa shape index (κ2) is 5.35. The quantitative estimate of drug-likeness (QED) is 0.916. The molecule has 18 heavy (non-hydrogen) atoms. The minimum absolute atomic E-state index is 0.0689. The molecule has 1 aromatic heterocycles. The number of rotatable bonds is 3. The summed E-state index contributed by atoms with van der Waals surface area (Å²) in [4.78, 5) is 12.0. The van der Waals surface area contributed by atoms with Gasteiger partial charge in [0.2, 0.25) is 0 Å². The van der Waals surface area contributed by atoms with Gasteiger partial charge in [0.1, 0.15) is 0 Å². The van der Waals surface area contributed by atoms with E-state index in [1.54, 1.807) is 6.20 Å². The summed E-state index contributed by atoms with van der Waals surface area (Å²) in [5, 5.41) is 9.65. The van der Waals surface area contributed by atoms with Crippen LogP contribution in [0.1, 0.15) is 27.2 Å². The Kier molecular flexibility index (Phi) is 3.81. The van der Waals surface area contributed by atoms with E-state index in [1.165, 1.54) is 0 Å². The van der Waals surface area contributed by atoms with Gasteiger partial charge in [-0.25, -0.2) is 0 Å². The van der Waals surface area contributed by atoms with Crippen molar-refractivity contribution in [2.24, 2.45) is 0 Å². The van der Waals surface area contributed by atoms with E-state index in [9.17, 15) is 4.79 Å².